The van der Waals surface area contributed by atoms with Crippen LogP contribution in [-0.2, 0) is 6.54 Å². The summed E-state index contributed by atoms with van der Waals surface area (Å²) in [5.41, 5.74) is 2.05. The highest BCUT2D eigenvalue weighted by Gasteiger charge is 2.48. The average molecular weight is 363 g/mol. The maximum Gasteiger partial charge on any atom is 0.225 e. The molecule has 6 nitrogen and oxygen atoms in total. The molecule has 3 heterocycles. The van der Waals surface area contributed by atoms with Crippen LogP contribution in [0.4, 0.5) is 5.95 Å². The minimum absolute atomic E-state index is 0.138. The lowest BCUT2D eigenvalue weighted by Gasteiger charge is -2.42. The van der Waals surface area contributed by atoms with Crippen LogP contribution >= 0.6 is 0 Å². The predicted molar refractivity (Wildman–Crippen MR) is 103 cm³/mol. The summed E-state index contributed by atoms with van der Waals surface area (Å²) in [7, 11) is 0. The molecule has 0 radical (unpaired) electrons. The van der Waals surface area contributed by atoms with Crippen molar-refractivity contribution in [1.29, 1.82) is 5.26 Å². The average Bonchev–Trinajstić information content (AvgIpc) is 3.09. The molecule has 1 unspecified atom stereocenters. The van der Waals surface area contributed by atoms with Crippen molar-refractivity contribution in [2.75, 3.05) is 37.7 Å². The van der Waals surface area contributed by atoms with Crippen LogP contribution in [0.2, 0.25) is 0 Å². The number of piperidine rings is 1. The summed E-state index contributed by atoms with van der Waals surface area (Å²) in [6.07, 6.45) is 5.69. The van der Waals surface area contributed by atoms with Crippen LogP contribution in [0.25, 0.3) is 0 Å². The number of aromatic nitrogens is 2. The molecule has 2 aromatic rings. The van der Waals surface area contributed by atoms with Gasteiger partial charge >= 0.3 is 0 Å². The zero-order valence-corrected chi connectivity index (χ0v) is 15.5. The first-order chi connectivity index (χ1) is 13.2. The third-order valence-corrected chi connectivity index (χ3v) is 6.18. The van der Waals surface area contributed by atoms with Crippen LogP contribution in [-0.4, -0.2) is 52.8 Å². The van der Waals surface area contributed by atoms with Crippen LogP contribution in [0.5, 0.6) is 0 Å². The number of nitriles is 1. The van der Waals surface area contributed by atoms with Gasteiger partial charge in [-0.05, 0) is 55.1 Å². The van der Waals surface area contributed by atoms with Crippen LogP contribution < -0.4 is 4.90 Å². The van der Waals surface area contributed by atoms with Gasteiger partial charge in [-0.2, -0.15) is 5.26 Å². The lowest BCUT2D eigenvalue weighted by atomic mass is 9.71. The number of aliphatic hydroxyl groups is 1. The maximum atomic E-state index is 10.00. The van der Waals surface area contributed by atoms with Crippen LogP contribution in [0.1, 0.15) is 24.0 Å². The van der Waals surface area contributed by atoms with Gasteiger partial charge in [-0.1, -0.05) is 12.1 Å². The van der Waals surface area contributed by atoms with E-state index >= 15 is 0 Å². The van der Waals surface area contributed by atoms with Gasteiger partial charge in [0.05, 0.1) is 11.6 Å². The Bertz CT molecular complexity index is 811. The van der Waals surface area contributed by atoms with E-state index in [9.17, 15) is 5.11 Å². The van der Waals surface area contributed by atoms with E-state index < -0.39 is 0 Å². The smallest absolute Gasteiger partial charge is 0.225 e. The largest absolute Gasteiger partial charge is 0.396 e. The number of anilines is 1. The van der Waals surface area contributed by atoms with Gasteiger partial charge in [0.15, 0.2) is 0 Å². The molecule has 1 atom stereocenters. The Balaban J connectivity index is 1.41. The zero-order valence-electron chi connectivity index (χ0n) is 15.5. The van der Waals surface area contributed by atoms with Crippen molar-refractivity contribution in [3.8, 4) is 6.07 Å². The predicted octanol–water partition coefficient (Wildman–Crippen LogP) is 2.06. The Hall–Kier alpha value is -2.49. The molecule has 1 aromatic heterocycles. The molecule has 0 saturated carbocycles. The fraction of sp³-hybridized carbons (Fsp3) is 0.476. The molecule has 1 spiro atoms. The minimum Gasteiger partial charge on any atom is -0.396 e. The van der Waals surface area contributed by atoms with Gasteiger partial charge < -0.3 is 10.0 Å². The van der Waals surface area contributed by atoms with Gasteiger partial charge in [0, 0.05) is 44.6 Å². The van der Waals surface area contributed by atoms with E-state index in [4.69, 9.17) is 5.26 Å². The zero-order chi connectivity index (χ0) is 18.7. The fourth-order valence-electron chi connectivity index (χ4n) is 4.61. The second-order valence-corrected chi connectivity index (χ2v) is 7.76. The quantitative estimate of drug-likeness (QED) is 0.896. The van der Waals surface area contributed by atoms with Crippen LogP contribution in [0.3, 0.4) is 0 Å². The van der Waals surface area contributed by atoms with Crippen molar-refractivity contribution < 1.29 is 5.11 Å². The Morgan fingerprint density at radius 3 is 2.67 bits per heavy atom. The van der Waals surface area contributed by atoms with E-state index in [1.165, 1.54) is 5.56 Å². The summed E-state index contributed by atoms with van der Waals surface area (Å²) in [4.78, 5) is 13.5. The highest BCUT2D eigenvalue weighted by Crippen LogP contribution is 2.45. The van der Waals surface area contributed by atoms with Gasteiger partial charge in [-0.15, -0.1) is 0 Å². The van der Waals surface area contributed by atoms with E-state index in [1.54, 1.807) is 12.4 Å². The molecule has 4 rings (SSSR count). The number of aliphatic hydroxyl groups excluding tert-OH is 1. The van der Waals surface area contributed by atoms with Crippen molar-refractivity contribution in [3.63, 3.8) is 0 Å². The fourth-order valence-corrected chi connectivity index (χ4v) is 4.61. The normalized spacial score (nSPS) is 22.1. The molecule has 0 aliphatic carbocycles. The van der Waals surface area contributed by atoms with E-state index in [0.717, 1.165) is 57.1 Å². The number of rotatable bonds is 4. The molecule has 27 heavy (non-hydrogen) atoms. The first kappa shape index (κ1) is 17.9. The lowest BCUT2D eigenvalue weighted by molar-refractivity contribution is 0.0506. The van der Waals surface area contributed by atoms with Gasteiger partial charge in [0.1, 0.15) is 0 Å². The van der Waals surface area contributed by atoms with Gasteiger partial charge in [0.25, 0.3) is 0 Å². The molecule has 2 saturated heterocycles. The standard InChI is InChI=1S/C21H25N5O/c22-12-17-3-1-4-18(11-17)13-25-9-5-21(6-10-25)16-26(14-19(21)15-27)20-23-7-2-8-24-20/h1-4,7-8,11,19,27H,5-6,9-10,13-16H2. The molecular formula is C21H25N5O. The summed E-state index contributed by atoms with van der Waals surface area (Å²) in [6.45, 7) is 4.85. The third kappa shape index (κ3) is 3.66. The number of benzene rings is 1. The minimum atomic E-state index is 0.138. The Labute approximate surface area is 160 Å². The monoisotopic (exact) mass is 363 g/mol. The lowest BCUT2D eigenvalue weighted by Crippen LogP contribution is -2.44. The van der Waals surface area contributed by atoms with E-state index in [-0.39, 0.29) is 17.9 Å². The molecule has 140 valence electrons. The van der Waals surface area contributed by atoms with Crippen molar-refractivity contribution in [1.82, 2.24) is 14.9 Å². The van der Waals surface area contributed by atoms with Crippen LogP contribution in [0.15, 0.2) is 42.7 Å². The molecule has 0 bridgehead atoms. The highest BCUT2D eigenvalue weighted by atomic mass is 16.3. The molecule has 2 aliphatic heterocycles. The number of nitrogens with zero attached hydrogens (tertiary/aromatic N) is 5. The number of likely N-dealkylation sites (tertiary alicyclic amines) is 1. The molecular weight excluding hydrogens is 338 g/mol. The number of hydrogen-bond acceptors (Lipinski definition) is 6. The maximum absolute atomic E-state index is 10.00. The SMILES string of the molecule is N#Cc1cccc(CN2CCC3(CC2)CN(c2ncccn2)CC3CO)c1. The highest BCUT2D eigenvalue weighted by molar-refractivity contribution is 5.34. The molecule has 0 amide bonds. The van der Waals surface area contributed by atoms with E-state index in [1.807, 2.05) is 24.3 Å². The summed E-state index contributed by atoms with van der Waals surface area (Å²) >= 11 is 0. The summed E-state index contributed by atoms with van der Waals surface area (Å²) in [6, 6.07) is 11.9. The van der Waals surface area contributed by atoms with Gasteiger partial charge in [0.2, 0.25) is 5.95 Å². The third-order valence-electron chi connectivity index (χ3n) is 6.18. The van der Waals surface area contributed by atoms with Crippen molar-refractivity contribution >= 4 is 5.95 Å². The second-order valence-electron chi connectivity index (χ2n) is 7.76. The van der Waals surface area contributed by atoms with Crippen LogP contribution in [0, 0.1) is 22.7 Å². The van der Waals surface area contributed by atoms with Gasteiger partial charge in [-0.25, -0.2) is 9.97 Å². The Kier molecular flexibility index (Phi) is 5.06. The first-order valence-electron chi connectivity index (χ1n) is 9.57. The molecule has 1 aromatic carbocycles. The van der Waals surface area contributed by atoms with Crippen molar-refractivity contribution in [3.05, 3.63) is 53.9 Å². The topological polar surface area (TPSA) is 76.3 Å². The second kappa shape index (κ2) is 7.63. The summed E-state index contributed by atoms with van der Waals surface area (Å²) < 4.78 is 0. The Morgan fingerprint density at radius 1 is 1.19 bits per heavy atom. The van der Waals surface area contributed by atoms with E-state index in [0.29, 0.717) is 0 Å². The molecule has 2 fully saturated rings. The molecule has 6 heteroatoms. The molecule has 2 aliphatic rings. The summed E-state index contributed by atoms with van der Waals surface area (Å²) in [5, 5.41) is 19.1. The molecule has 1 N–H and O–H groups in total. The van der Waals surface area contributed by atoms with Crippen molar-refractivity contribution in [2.45, 2.75) is 19.4 Å². The first-order valence-corrected chi connectivity index (χ1v) is 9.57. The summed E-state index contributed by atoms with van der Waals surface area (Å²) in [5.74, 6) is 1.04. The Morgan fingerprint density at radius 2 is 1.96 bits per heavy atom. The van der Waals surface area contributed by atoms with Crippen molar-refractivity contribution in [2.24, 2.45) is 11.3 Å². The number of hydrogen-bond donors (Lipinski definition) is 1. The van der Waals surface area contributed by atoms with Gasteiger partial charge in [-0.3, -0.25) is 4.90 Å². The van der Waals surface area contributed by atoms with E-state index in [2.05, 4.69) is 31.9 Å².